The van der Waals surface area contributed by atoms with E-state index in [0.29, 0.717) is 11.8 Å². The van der Waals surface area contributed by atoms with E-state index in [0.717, 1.165) is 6.07 Å². The summed E-state index contributed by atoms with van der Waals surface area (Å²) >= 11 is 0. The minimum atomic E-state index is -0.882. The second-order valence-electron chi connectivity index (χ2n) is 2.79. The van der Waals surface area contributed by atoms with Gasteiger partial charge in [-0.1, -0.05) is 11.8 Å². The Balaban J connectivity index is 3.07. The Morgan fingerprint density at radius 2 is 2.20 bits per heavy atom. The number of aromatic hydroxyl groups is 1. The molecule has 0 aliphatic heterocycles. The monoisotopic (exact) mass is 208 g/mol. The number of hydrogen-bond acceptors (Lipinski definition) is 3. The summed E-state index contributed by atoms with van der Waals surface area (Å²) < 4.78 is 13.0. The number of phenolic OH excluding ortho intramolecular Hbond substituents is 1. The number of aliphatic hydroxyl groups excluding tert-OH is 1. The summed E-state index contributed by atoms with van der Waals surface area (Å²) in [5, 5.41) is 17.6. The number of halogens is 1. The Labute approximate surface area is 86.2 Å². The van der Waals surface area contributed by atoms with E-state index in [1.54, 1.807) is 0 Å². The highest BCUT2D eigenvalue weighted by molar-refractivity contribution is 5.80. The van der Waals surface area contributed by atoms with E-state index in [2.05, 4.69) is 11.8 Å². The number of carbonyl (C=O) groups is 1. The summed E-state index contributed by atoms with van der Waals surface area (Å²) in [6.45, 7) is -0.0753. The Hall–Kier alpha value is -1.86. The highest BCUT2D eigenvalue weighted by Gasteiger charge is 2.07. The molecule has 0 saturated carbocycles. The largest absolute Gasteiger partial charge is 0.504 e. The van der Waals surface area contributed by atoms with Crippen LogP contribution in [0.25, 0.3) is 0 Å². The van der Waals surface area contributed by atoms with Crippen molar-refractivity contribution >= 4 is 6.29 Å². The van der Waals surface area contributed by atoms with Gasteiger partial charge in [-0.3, -0.25) is 4.79 Å². The maximum Gasteiger partial charge on any atom is 0.166 e. The molecule has 78 valence electrons. The molecule has 0 fully saturated rings. The van der Waals surface area contributed by atoms with E-state index in [9.17, 15) is 9.18 Å². The Morgan fingerprint density at radius 1 is 1.47 bits per heavy atom. The summed E-state index contributed by atoms with van der Waals surface area (Å²) in [6, 6.07) is 2.32. The first-order chi connectivity index (χ1) is 7.19. The average molecular weight is 208 g/mol. The summed E-state index contributed by atoms with van der Waals surface area (Å²) in [4.78, 5) is 10.4. The zero-order valence-electron chi connectivity index (χ0n) is 7.83. The lowest BCUT2D eigenvalue weighted by Crippen LogP contribution is -1.88. The fraction of sp³-hybridized carbons (Fsp3) is 0.182. The Morgan fingerprint density at radius 3 is 2.80 bits per heavy atom. The van der Waals surface area contributed by atoms with Gasteiger partial charge >= 0.3 is 0 Å². The Bertz CT molecular complexity index is 429. The van der Waals surface area contributed by atoms with Gasteiger partial charge in [0.2, 0.25) is 0 Å². The normalized spacial score (nSPS) is 9.20. The molecule has 0 aromatic heterocycles. The smallest absolute Gasteiger partial charge is 0.166 e. The SMILES string of the molecule is O=Cc1cc(C#CCCO)cc(F)c1O. The van der Waals surface area contributed by atoms with Crippen LogP contribution in [0.5, 0.6) is 5.75 Å². The average Bonchev–Trinajstić information content (AvgIpc) is 2.23. The van der Waals surface area contributed by atoms with E-state index in [1.807, 2.05) is 0 Å². The molecule has 0 atom stereocenters. The van der Waals surface area contributed by atoms with Gasteiger partial charge in [-0.2, -0.15) is 0 Å². The minimum Gasteiger partial charge on any atom is -0.504 e. The molecule has 0 unspecified atom stereocenters. The van der Waals surface area contributed by atoms with Gasteiger partial charge in [0.15, 0.2) is 17.9 Å². The second kappa shape index (κ2) is 5.13. The van der Waals surface area contributed by atoms with E-state index in [4.69, 9.17) is 10.2 Å². The van der Waals surface area contributed by atoms with Gasteiger partial charge in [-0.25, -0.2) is 4.39 Å². The maximum atomic E-state index is 13.0. The van der Waals surface area contributed by atoms with Gasteiger partial charge < -0.3 is 10.2 Å². The lowest BCUT2D eigenvalue weighted by atomic mass is 10.1. The highest BCUT2D eigenvalue weighted by Crippen LogP contribution is 2.21. The molecule has 1 aromatic rings. The third-order valence-electron chi connectivity index (χ3n) is 1.69. The predicted octanol–water partition coefficient (Wildman–Crippen LogP) is 1.08. The highest BCUT2D eigenvalue weighted by atomic mass is 19.1. The topological polar surface area (TPSA) is 57.5 Å². The number of carbonyl (C=O) groups excluding carboxylic acids is 1. The molecule has 0 radical (unpaired) electrons. The van der Waals surface area contributed by atoms with Crippen LogP contribution < -0.4 is 0 Å². The van der Waals surface area contributed by atoms with Crippen molar-refractivity contribution in [1.82, 2.24) is 0 Å². The van der Waals surface area contributed by atoms with Crippen LogP contribution in [-0.2, 0) is 0 Å². The first-order valence-electron chi connectivity index (χ1n) is 4.26. The first-order valence-corrected chi connectivity index (χ1v) is 4.26. The summed E-state index contributed by atoms with van der Waals surface area (Å²) in [5.74, 6) is 3.60. The van der Waals surface area contributed by atoms with E-state index < -0.39 is 11.6 Å². The zero-order chi connectivity index (χ0) is 11.3. The van der Waals surface area contributed by atoms with Crippen LogP contribution in [0.3, 0.4) is 0 Å². The molecule has 3 nitrogen and oxygen atoms in total. The summed E-state index contributed by atoms with van der Waals surface area (Å²) in [5.41, 5.74) is 0.157. The number of phenols is 1. The molecule has 0 amide bonds. The second-order valence-corrected chi connectivity index (χ2v) is 2.79. The number of aliphatic hydroxyl groups is 1. The van der Waals surface area contributed by atoms with Crippen LogP contribution in [-0.4, -0.2) is 23.1 Å². The van der Waals surface area contributed by atoms with Crippen molar-refractivity contribution in [2.24, 2.45) is 0 Å². The molecule has 0 aliphatic rings. The molecule has 1 rings (SSSR count). The molecule has 0 heterocycles. The fourth-order valence-corrected chi connectivity index (χ4v) is 1.00. The van der Waals surface area contributed by atoms with Crippen LogP contribution >= 0.6 is 0 Å². The Kier molecular flexibility index (Phi) is 3.83. The molecular formula is C11H9FO3. The number of aldehydes is 1. The van der Waals surface area contributed by atoms with Gasteiger partial charge in [0, 0.05) is 12.0 Å². The number of benzene rings is 1. The van der Waals surface area contributed by atoms with Crippen molar-refractivity contribution in [3.05, 3.63) is 29.1 Å². The molecule has 4 heteroatoms. The van der Waals surface area contributed by atoms with Crippen LogP contribution in [0.1, 0.15) is 22.3 Å². The fourth-order valence-electron chi connectivity index (χ4n) is 1.00. The van der Waals surface area contributed by atoms with Crippen molar-refractivity contribution in [2.45, 2.75) is 6.42 Å². The predicted molar refractivity (Wildman–Crippen MR) is 52.0 cm³/mol. The standard InChI is InChI=1S/C11H9FO3/c12-10-6-8(3-1-2-4-13)5-9(7-14)11(10)15/h5-7,13,15H,2,4H2. The molecular weight excluding hydrogens is 199 g/mol. The molecule has 15 heavy (non-hydrogen) atoms. The van der Waals surface area contributed by atoms with Gasteiger partial charge in [0.1, 0.15) is 0 Å². The van der Waals surface area contributed by atoms with Gasteiger partial charge in [-0.05, 0) is 12.1 Å². The third-order valence-corrected chi connectivity index (χ3v) is 1.69. The van der Waals surface area contributed by atoms with Crippen molar-refractivity contribution < 1.29 is 19.4 Å². The maximum absolute atomic E-state index is 13.0. The number of hydrogen-bond donors (Lipinski definition) is 2. The molecule has 0 aliphatic carbocycles. The molecule has 0 spiro atoms. The molecule has 0 bridgehead atoms. The van der Waals surface area contributed by atoms with Gasteiger partial charge in [0.05, 0.1) is 12.2 Å². The lowest BCUT2D eigenvalue weighted by molar-refractivity contribution is 0.112. The molecule has 1 aromatic carbocycles. The summed E-state index contributed by atoms with van der Waals surface area (Å²) in [6.07, 6.45) is 0.633. The van der Waals surface area contributed by atoms with E-state index >= 15 is 0 Å². The van der Waals surface area contributed by atoms with Gasteiger partial charge in [0.25, 0.3) is 0 Å². The minimum absolute atomic E-state index is 0.0753. The number of rotatable bonds is 2. The first kappa shape index (κ1) is 11.2. The van der Waals surface area contributed by atoms with Crippen LogP contribution in [0.2, 0.25) is 0 Å². The van der Waals surface area contributed by atoms with Crippen molar-refractivity contribution in [1.29, 1.82) is 0 Å². The van der Waals surface area contributed by atoms with E-state index in [-0.39, 0.29) is 18.6 Å². The van der Waals surface area contributed by atoms with Crippen LogP contribution in [0, 0.1) is 17.7 Å². The lowest BCUT2D eigenvalue weighted by Gasteiger charge is -1.99. The molecule has 0 saturated heterocycles. The van der Waals surface area contributed by atoms with Crippen molar-refractivity contribution in [2.75, 3.05) is 6.61 Å². The van der Waals surface area contributed by atoms with E-state index in [1.165, 1.54) is 6.07 Å². The zero-order valence-corrected chi connectivity index (χ0v) is 7.83. The van der Waals surface area contributed by atoms with Crippen LogP contribution in [0.15, 0.2) is 12.1 Å². The van der Waals surface area contributed by atoms with Gasteiger partial charge in [-0.15, -0.1) is 0 Å². The third kappa shape index (κ3) is 2.79. The molecule has 2 N–H and O–H groups in total. The van der Waals surface area contributed by atoms with Crippen LogP contribution in [0.4, 0.5) is 4.39 Å². The van der Waals surface area contributed by atoms with Crippen molar-refractivity contribution in [3.8, 4) is 17.6 Å². The summed E-state index contributed by atoms with van der Waals surface area (Å²) in [7, 11) is 0. The van der Waals surface area contributed by atoms with Crippen molar-refractivity contribution in [3.63, 3.8) is 0 Å². The quantitative estimate of drug-likeness (QED) is 0.564.